The number of nitrogens with two attached hydrogens (primary N) is 1. The Morgan fingerprint density at radius 2 is 1.96 bits per heavy atom. The lowest BCUT2D eigenvalue weighted by Gasteiger charge is -2.22. The summed E-state index contributed by atoms with van der Waals surface area (Å²) in [6.45, 7) is 2.05. The quantitative estimate of drug-likeness (QED) is 0.692. The average Bonchev–Trinajstić information content (AvgIpc) is 2.57. The van der Waals surface area contributed by atoms with E-state index in [0.29, 0.717) is 12.2 Å². The number of methoxy groups -OCH3 is 1. The Labute approximate surface area is 143 Å². The predicted octanol–water partition coefficient (Wildman–Crippen LogP) is 0.695. The summed E-state index contributed by atoms with van der Waals surface area (Å²) < 4.78 is 10.5. The van der Waals surface area contributed by atoms with Crippen molar-refractivity contribution >= 4 is 11.8 Å². The molecule has 134 valence electrons. The van der Waals surface area contributed by atoms with Crippen molar-refractivity contribution in [3.63, 3.8) is 0 Å². The highest BCUT2D eigenvalue weighted by molar-refractivity contribution is 5.82. The molecule has 3 N–H and O–H groups in total. The van der Waals surface area contributed by atoms with E-state index < -0.39 is 6.04 Å². The summed E-state index contributed by atoms with van der Waals surface area (Å²) in [6.07, 6.45) is 0.660. The summed E-state index contributed by atoms with van der Waals surface area (Å²) >= 11 is 0. The number of benzene rings is 1. The van der Waals surface area contributed by atoms with E-state index in [1.165, 1.54) is 12.0 Å². The number of rotatable bonds is 9. The van der Waals surface area contributed by atoms with Crippen molar-refractivity contribution in [1.82, 2.24) is 10.2 Å². The molecular weight excluding hydrogens is 310 g/mol. The van der Waals surface area contributed by atoms with Gasteiger partial charge in [0.2, 0.25) is 5.91 Å². The molecule has 1 aromatic rings. The third-order valence-corrected chi connectivity index (χ3v) is 3.55. The normalized spacial score (nSPS) is 13.0. The number of amides is 2. The fraction of sp³-hybridized carbons (Fsp3) is 0.529. The molecule has 0 saturated carbocycles. The number of nitrogens with one attached hydrogen (secondary N) is 1. The number of hydrogen-bond acceptors (Lipinski definition) is 5. The molecule has 0 bridgehead atoms. The van der Waals surface area contributed by atoms with Gasteiger partial charge in [0, 0.05) is 26.8 Å². The van der Waals surface area contributed by atoms with Crippen molar-refractivity contribution in [3.8, 4) is 5.75 Å². The third kappa shape index (κ3) is 5.82. The molecule has 0 aromatic heterocycles. The van der Waals surface area contributed by atoms with Gasteiger partial charge in [0.15, 0.2) is 6.61 Å². The highest BCUT2D eigenvalue weighted by atomic mass is 16.5. The molecular formula is C17H27N3O4. The molecule has 2 amide bonds. The Hall–Kier alpha value is -2.12. The molecule has 0 aliphatic carbocycles. The monoisotopic (exact) mass is 337 g/mol. The van der Waals surface area contributed by atoms with Crippen LogP contribution in [0.1, 0.15) is 24.9 Å². The van der Waals surface area contributed by atoms with E-state index in [2.05, 4.69) is 5.32 Å². The maximum atomic E-state index is 12.1. The molecule has 7 heteroatoms. The lowest BCUT2D eigenvalue weighted by atomic mass is 10.0. The predicted molar refractivity (Wildman–Crippen MR) is 91.7 cm³/mol. The highest BCUT2D eigenvalue weighted by Gasteiger charge is 2.21. The van der Waals surface area contributed by atoms with Gasteiger partial charge in [0.25, 0.3) is 5.91 Å². The van der Waals surface area contributed by atoms with Crippen LogP contribution in [0, 0.1) is 0 Å². The van der Waals surface area contributed by atoms with Gasteiger partial charge in [0.05, 0.1) is 12.6 Å². The van der Waals surface area contributed by atoms with Gasteiger partial charge < -0.3 is 25.4 Å². The number of para-hydroxylation sites is 1. The van der Waals surface area contributed by atoms with E-state index in [0.717, 1.165) is 5.56 Å². The van der Waals surface area contributed by atoms with Gasteiger partial charge in [0.1, 0.15) is 11.8 Å². The molecule has 0 fully saturated rings. The third-order valence-electron chi connectivity index (χ3n) is 3.55. The molecule has 0 aliphatic rings. The van der Waals surface area contributed by atoms with Gasteiger partial charge in [-0.1, -0.05) is 25.1 Å². The maximum Gasteiger partial charge on any atom is 0.259 e. The summed E-state index contributed by atoms with van der Waals surface area (Å²) in [7, 11) is 4.84. The van der Waals surface area contributed by atoms with Crippen molar-refractivity contribution in [3.05, 3.63) is 29.8 Å². The van der Waals surface area contributed by atoms with Crippen LogP contribution in [0.25, 0.3) is 0 Å². The lowest BCUT2D eigenvalue weighted by molar-refractivity contribution is -0.130. The van der Waals surface area contributed by atoms with Crippen LogP contribution in [-0.2, 0) is 14.3 Å². The van der Waals surface area contributed by atoms with Crippen molar-refractivity contribution in [2.75, 3.05) is 34.4 Å². The largest absolute Gasteiger partial charge is 0.483 e. The number of ether oxygens (including phenoxy) is 2. The van der Waals surface area contributed by atoms with Crippen LogP contribution < -0.4 is 15.8 Å². The summed E-state index contributed by atoms with van der Waals surface area (Å²) in [5.41, 5.74) is 6.57. The fourth-order valence-electron chi connectivity index (χ4n) is 2.10. The molecule has 0 saturated heterocycles. The number of nitrogens with zero attached hydrogens (tertiary/aromatic N) is 1. The van der Waals surface area contributed by atoms with Crippen LogP contribution in [0.4, 0.5) is 0 Å². The molecule has 0 spiro atoms. The zero-order valence-corrected chi connectivity index (χ0v) is 14.7. The van der Waals surface area contributed by atoms with Crippen molar-refractivity contribution in [1.29, 1.82) is 0 Å². The SMILES string of the molecule is CCC(NC(=O)C(N)COC)c1ccccc1OCC(=O)N(C)C. The first-order valence-corrected chi connectivity index (χ1v) is 7.87. The van der Waals surface area contributed by atoms with Crippen LogP contribution in [0.5, 0.6) is 5.75 Å². The van der Waals surface area contributed by atoms with E-state index in [1.54, 1.807) is 20.2 Å². The van der Waals surface area contributed by atoms with Gasteiger partial charge in [-0.3, -0.25) is 9.59 Å². The molecule has 0 aliphatic heterocycles. The molecule has 24 heavy (non-hydrogen) atoms. The van der Waals surface area contributed by atoms with Gasteiger partial charge >= 0.3 is 0 Å². The Morgan fingerprint density at radius 3 is 2.54 bits per heavy atom. The Balaban J connectivity index is 2.85. The summed E-state index contributed by atoms with van der Waals surface area (Å²) in [6, 6.07) is 6.34. The van der Waals surface area contributed by atoms with E-state index in [-0.39, 0.29) is 31.1 Å². The minimum atomic E-state index is -0.729. The summed E-state index contributed by atoms with van der Waals surface area (Å²) in [4.78, 5) is 25.3. The van der Waals surface area contributed by atoms with Crippen LogP contribution in [0.3, 0.4) is 0 Å². The molecule has 0 radical (unpaired) electrons. The second-order valence-electron chi connectivity index (χ2n) is 5.65. The highest BCUT2D eigenvalue weighted by Crippen LogP contribution is 2.27. The van der Waals surface area contributed by atoms with Crippen molar-refractivity contribution in [2.24, 2.45) is 5.73 Å². The molecule has 0 heterocycles. The maximum absolute atomic E-state index is 12.1. The summed E-state index contributed by atoms with van der Waals surface area (Å²) in [5, 5.41) is 2.90. The van der Waals surface area contributed by atoms with Crippen molar-refractivity contribution < 1.29 is 19.1 Å². The Kier molecular flexibility index (Phi) is 8.21. The standard InChI is InChI=1S/C17H27N3O4/c1-5-14(19-17(22)13(18)10-23-4)12-8-6-7-9-15(12)24-11-16(21)20(2)3/h6-9,13-14H,5,10-11,18H2,1-4H3,(H,19,22). The molecule has 7 nitrogen and oxygen atoms in total. The van der Waals surface area contributed by atoms with Gasteiger partial charge in [-0.15, -0.1) is 0 Å². The van der Waals surface area contributed by atoms with E-state index in [1.807, 2.05) is 25.1 Å². The first kappa shape index (κ1) is 19.9. The van der Waals surface area contributed by atoms with E-state index in [4.69, 9.17) is 15.2 Å². The van der Waals surface area contributed by atoms with Crippen LogP contribution in [-0.4, -0.2) is 57.2 Å². The Morgan fingerprint density at radius 1 is 1.29 bits per heavy atom. The molecule has 1 rings (SSSR count). The van der Waals surface area contributed by atoms with Crippen molar-refractivity contribution in [2.45, 2.75) is 25.4 Å². The second-order valence-corrected chi connectivity index (χ2v) is 5.65. The molecule has 2 unspecified atom stereocenters. The smallest absolute Gasteiger partial charge is 0.259 e. The second kappa shape index (κ2) is 9.89. The number of hydrogen-bond donors (Lipinski definition) is 2. The number of carbonyl (C=O) groups is 2. The first-order chi connectivity index (χ1) is 11.4. The zero-order chi connectivity index (χ0) is 18.1. The zero-order valence-electron chi connectivity index (χ0n) is 14.7. The fourth-order valence-corrected chi connectivity index (χ4v) is 2.10. The minimum Gasteiger partial charge on any atom is -0.483 e. The first-order valence-electron chi connectivity index (χ1n) is 7.87. The minimum absolute atomic E-state index is 0.0580. The Bertz CT molecular complexity index is 548. The van der Waals surface area contributed by atoms with Crippen LogP contribution in [0.2, 0.25) is 0 Å². The molecule has 1 aromatic carbocycles. The van der Waals surface area contributed by atoms with Gasteiger partial charge in [-0.25, -0.2) is 0 Å². The van der Waals surface area contributed by atoms with Crippen LogP contribution in [0.15, 0.2) is 24.3 Å². The lowest BCUT2D eigenvalue weighted by Crippen LogP contribution is -2.44. The average molecular weight is 337 g/mol. The van der Waals surface area contributed by atoms with Gasteiger partial charge in [-0.2, -0.15) is 0 Å². The molecule has 2 atom stereocenters. The van der Waals surface area contributed by atoms with Gasteiger partial charge in [-0.05, 0) is 12.5 Å². The number of carbonyl (C=O) groups excluding carboxylic acids is 2. The van der Waals surface area contributed by atoms with E-state index >= 15 is 0 Å². The number of likely N-dealkylation sites (N-methyl/N-ethyl adjacent to an activating group) is 1. The summed E-state index contributed by atoms with van der Waals surface area (Å²) in [5.74, 6) is 0.145. The topological polar surface area (TPSA) is 93.9 Å². The van der Waals surface area contributed by atoms with Crippen LogP contribution >= 0.6 is 0 Å². The van der Waals surface area contributed by atoms with E-state index in [9.17, 15) is 9.59 Å².